The van der Waals surface area contributed by atoms with E-state index in [-0.39, 0.29) is 17.5 Å². The number of carbonyl (C=O) groups is 1. The van der Waals surface area contributed by atoms with Gasteiger partial charge in [-0.3, -0.25) is 14.6 Å². The zero-order valence-electron chi connectivity index (χ0n) is 18.5. The number of nitrogens with zero attached hydrogens (tertiary/aromatic N) is 2. The summed E-state index contributed by atoms with van der Waals surface area (Å²) < 4.78 is 5.58. The van der Waals surface area contributed by atoms with Crippen molar-refractivity contribution in [1.82, 2.24) is 15.1 Å². The predicted molar refractivity (Wildman–Crippen MR) is 120 cm³/mol. The van der Waals surface area contributed by atoms with Gasteiger partial charge in [-0.15, -0.1) is 0 Å². The zero-order chi connectivity index (χ0) is 20.7. The molecule has 0 radical (unpaired) electrons. The van der Waals surface area contributed by atoms with Crippen molar-refractivity contribution in [2.24, 2.45) is 0 Å². The van der Waals surface area contributed by atoms with Crippen LogP contribution in [-0.4, -0.2) is 67.2 Å². The third-order valence-electron chi connectivity index (χ3n) is 7.44. The molecule has 2 aliphatic heterocycles. The maximum absolute atomic E-state index is 13.7. The van der Waals surface area contributed by atoms with Gasteiger partial charge >= 0.3 is 0 Å². The Labute approximate surface area is 182 Å². The summed E-state index contributed by atoms with van der Waals surface area (Å²) in [6, 6.07) is 11.0. The van der Waals surface area contributed by atoms with Crippen LogP contribution in [0.25, 0.3) is 0 Å². The Morgan fingerprint density at radius 3 is 2.20 bits per heavy atom. The van der Waals surface area contributed by atoms with Gasteiger partial charge in [-0.05, 0) is 44.3 Å². The molecule has 1 saturated carbocycles. The third-order valence-corrected chi connectivity index (χ3v) is 7.44. The standard InChI is InChI=1S/C25H39N3O2/c29-24(25(13-7-4-8-14-25)28-17-19-30-20-18-28)26-21-23(22-11-5-3-6-12-22)27-15-9-1-2-10-16-27/h3,5-6,11-12,23H,1-2,4,7-10,13-21H2,(H,26,29)/t23-/m1/s1. The molecular weight excluding hydrogens is 374 g/mol. The SMILES string of the molecule is O=C(NC[C@H](c1ccccc1)N1CCCCCC1)C1(N2CCOCC2)CCCCC1. The summed E-state index contributed by atoms with van der Waals surface area (Å²) in [7, 11) is 0. The van der Waals surface area contributed by atoms with Gasteiger partial charge < -0.3 is 10.1 Å². The molecule has 0 aromatic heterocycles. The zero-order valence-corrected chi connectivity index (χ0v) is 18.5. The maximum atomic E-state index is 13.7. The molecule has 1 aromatic rings. The number of hydrogen-bond donors (Lipinski definition) is 1. The first kappa shape index (κ1) is 21.8. The molecule has 2 heterocycles. The van der Waals surface area contributed by atoms with Gasteiger partial charge in [-0.25, -0.2) is 0 Å². The van der Waals surface area contributed by atoms with Crippen molar-refractivity contribution in [2.45, 2.75) is 69.4 Å². The number of likely N-dealkylation sites (tertiary alicyclic amines) is 1. The second-order valence-corrected chi connectivity index (χ2v) is 9.28. The normalized spacial score (nSPS) is 24.7. The van der Waals surface area contributed by atoms with Crippen molar-refractivity contribution in [3.63, 3.8) is 0 Å². The van der Waals surface area contributed by atoms with E-state index in [0.717, 1.165) is 65.1 Å². The number of benzene rings is 1. The van der Waals surface area contributed by atoms with Gasteiger partial charge in [0.1, 0.15) is 5.54 Å². The van der Waals surface area contributed by atoms with Gasteiger partial charge in [0, 0.05) is 19.6 Å². The van der Waals surface area contributed by atoms with Crippen molar-refractivity contribution in [3.05, 3.63) is 35.9 Å². The van der Waals surface area contributed by atoms with Gasteiger partial charge in [0.2, 0.25) is 5.91 Å². The highest BCUT2D eigenvalue weighted by Crippen LogP contribution is 2.35. The molecule has 3 fully saturated rings. The summed E-state index contributed by atoms with van der Waals surface area (Å²) in [5.41, 5.74) is 0.992. The lowest BCUT2D eigenvalue weighted by Crippen LogP contribution is -2.62. The fourth-order valence-electron chi connectivity index (χ4n) is 5.71. The second-order valence-electron chi connectivity index (χ2n) is 9.28. The Hall–Kier alpha value is -1.43. The lowest BCUT2D eigenvalue weighted by Gasteiger charge is -2.46. The first-order valence-corrected chi connectivity index (χ1v) is 12.2. The summed E-state index contributed by atoms with van der Waals surface area (Å²) in [4.78, 5) is 18.7. The van der Waals surface area contributed by atoms with Crippen LogP contribution < -0.4 is 5.32 Å². The van der Waals surface area contributed by atoms with Crippen molar-refractivity contribution >= 4 is 5.91 Å². The van der Waals surface area contributed by atoms with Crippen LogP contribution in [0, 0.1) is 0 Å². The molecule has 4 rings (SSSR count). The monoisotopic (exact) mass is 413 g/mol. The number of ether oxygens (including phenoxy) is 1. The lowest BCUT2D eigenvalue weighted by molar-refractivity contribution is -0.140. The van der Waals surface area contributed by atoms with Crippen LogP contribution >= 0.6 is 0 Å². The van der Waals surface area contributed by atoms with Gasteiger partial charge in [0.25, 0.3) is 0 Å². The Morgan fingerprint density at radius 2 is 1.53 bits per heavy atom. The maximum Gasteiger partial charge on any atom is 0.240 e. The number of amides is 1. The topological polar surface area (TPSA) is 44.8 Å². The van der Waals surface area contributed by atoms with Crippen molar-refractivity contribution in [2.75, 3.05) is 45.9 Å². The van der Waals surface area contributed by atoms with E-state index in [9.17, 15) is 4.79 Å². The molecule has 166 valence electrons. The highest BCUT2D eigenvalue weighted by molar-refractivity contribution is 5.86. The molecule has 0 spiro atoms. The summed E-state index contributed by atoms with van der Waals surface area (Å²) in [5, 5.41) is 3.44. The van der Waals surface area contributed by atoms with Crippen molar-refractivity contribution in [3.8, 4) is 0 Å². The summed E-state index contributed by atoms with van der Waals surface area (Å²) in [6.07, 6.45) is 10.7. The molecule has 30 heavy (non-hydrogen) atoms. The largest absolute Gasteiger partial charge is 0.379 e. The van der Waals surface area contributed by atoms with Crippen LogP contribution in [0.2, 0.25) is 0 Å². The van der Waals surface area contributed by atoms with Crippen molar-refractivity contribution in [1.29, 1.82) is 0 Å². The molecule has 1 aromatic carbocycles. The van der Waals surface area contributed by atoms with E-state index in [4.69, 9.17) is 4.74 Å². The smallest absolute Gasteiger partial charge is 0.240 e. The van der Waals surface area contributed by atoms with E-state index < -0.39 is 0 Å². The number of rotatable bonds is 6. The molecule has 0 unspecified atom stereocenters. The first-order valence-electron chi connectivity index (χ1n) is 12.2. The molecule has 1 atom stereocenters. The third kappa shape index (κ3) is 5.06. The van der Waals surface area contributed by atoms with E-state index in [1.54, 1.807) is 0 Å². The lowest BCUT2D eigenvalue weighted by atomic mass is 9.79. The fourth-order valence-corrected chi connectivity index (χ4v) is 5.71. The summed E-state index contributed by atoms with van der Waals surface area (Å²) >= 11 is 0. The second kappa shape index (κ2) is 10.7. The molecule has 2 saturated heterocycles. The Kier molecular flexibility index (Phi) is 7.80. The van der Waals surface area contributed by atoms with E-state index in [0.29, 0.717) is 6.54 Å². The minimum absolute atomic E-state index is 0.250. The number of hydrogen-bond acceptors (Lipinski definition) is 4. The average Bonchev–Trinajstić information content (AvgIpc) is 3.10. The molecular formula is C25H39N3O2. The molecule has 5 heteroatoms. The van der Waals surface area contributed by atoms with Crippen molar-refractivity contribution < 1.29 is 9.53 Å². The van der Waals surface area contributed by atoms with E-state index in [2.05, 4.69) is 45.4 Å². The molecule has 3 aliphatic rings. The molecule has 5 nitrogen and oxygen atoms in total. The van der Waals surface area contributed by atoms with Crippen LogP contribution in [0.15, 0.2) is 30.3 Å². The van der Waals surface area contributed by atoms with E-state index >= 15 is 0 Å². The first-order chi connectivity index (χ1) is 14.8. The number of carbonyl (C=O) groups excluding carboxylic acids is 1. The minimum Gasteiger partial charge on any atom is -0.379 e. The van der Waals surface area contributed by atoms with E-state index in [1.807, 2.05) is 0 Å². The highest BCUT2D eigenvalue weighted by atomic mass is 16.5. The molecule has 1 amide bonds. The van der Waals surface area contributed by atoms with Crippen LogP contribution in [-0.2, 0) is 9.53 Å². The average molecular weight is 414 g/mol. The highest BCUT2D eigenvalue weighted by Gasteiger charge is 2.45. The fraction of sp³-hybridized carbons (Fsp3) is 0.720. The Morgan fingerprint density at radius 1 is 0.900 bits per heavy atom. The van der Waals surface area contributed by atoms with Gasteiger partial charge in [-0.2, -0.15) is 0 Å². The minimum atomic E-state index is -0.331. The Bertz CT molecular complexity index is 646. The van der Waals surface area contributed by atoms with E-state index in [1.165, 1.54) is 37.7 Å². The van der Waals surface area contributed by atoms with Gasteiger partial charge in [-0.1, -0.05) is 62.4 Å². The van der Waals surface area contributed by atoms with Gasteiger partial charge in [0.15, 0.2) is 0 Å². The number of nitrogens with one attached hydrogen (secondary N) is 1. The predicted octanol–water partition coefficient (Wildman–Crippen LogP) is 3.76. The summed E-state index contributed by atoms with van der Waals surface area (Å²) in [5.74, 6) is 0.250. The van der Waals surface area contributed by atoms with Gasteiger partial charge in [0.05, 0.1) is 19.3 Å². The van der Waals surface area contributed by atoms with Crippen LogP contribution in [0.4, 0.5) is 0 Å². The van der Waals surface area contributed by atoms with Crippen LogP contribution in [0.5, 0.6) is 0 Å². The van der Waals surface area contributed by atoms with Crippen LogP contribution in [0.3, 0.4) is 0 Å². The van der Waals surface area contributed by atoms with Crippen LogP contribution in [0.1, 0.15) is 69.4 Å². The summed E-state index contributed by atoms with van der Waals surface area (Å²) in [6.45, 7) is 6.21. The Balaban J connectivity index is 1.49. The number of morpholine rings is 1. The molecule has 0 bridgehead atoms. The molecule has 1 N–H and O–H groups in total. The molecule has 1 aliphatic carbocycles. The quantitative estimate of drug-likeness (QED) is 0.771.